The molecule has 1 spiro atoms. The van der Waals surface area contributed by atoms with E-state index in [1.807, 2.05) is 0 Å². The summed E-state index contributed by atoms with van der Waals surface area (Å²) in [6.45, 7) is 2.94. The molecule has 130 valence electrons. The van der Waals surface area contributed by atoms with Gasteiger partial charge in [-0.15, -0.1) is 0 Å². The molecule has 2 saturated heterocycles. The van der Waals surface area contributed by atoms with E-state index in [-0.39, 0.29) is 36.1 Å². The molecule has 1 aliphatic carbocycles. The van der Waals surface area contributed by atoms with Gasteiger partial charge >= 0.3 is 6.01 Å². The van der Waals surface area contributed by atoms with Gasteiger partial charge in [0.15, 0.2) is 9.84 Å². The van der Waals surface area contributed by atoms with Gasteiger partial charge in [-0.1, -0.05) is 6.92 Å². The van der Waals surface area contributed by atoms with Crippen LogP contribution in [0.1, 0.15) is 19.8 Å². The average molecular weight is 351 g/mol. The van der Waals surface area contributed by atoms with Crippen molar-refractivity contribution < 1.29 is 17.9 Å². The molecule has 3 heterocycles. The highest BCUT2D eigenvalue weighted by molar-refractivity contribution is 7.93. The van der Waals surface area contributed by atoms with Crippen LogP contribution >= 0.6 is 0 Å². The van der Waals surface area contributed by atoms with Gasteiger partial charge in [0.25, 0.3) is 0 Å². The highest BCUT2D eigenvalue weighted by Crippen LogP contribution is 2.47. The molecule has 3 aliphatic rings. The number of rotatable bonds is 4. The quantitative estimate of drug-likeness (QED) is 0.786. The van der Waals surface area contributed by atoms with Crippen molar-refractivity contribution in [3.8, 4) is 6.01 Å². The van der Waals surface area contributed by atoms with E-state index < -0.39 is 14.6 Å². The predicted molar refractivity (Wildman–Crippen MR) is 86.0 cm³/mol. The molecule has 0 N–H and O–H groups in total. The predicted octanol–water partition coefficient (Wildman–Crippen LogP) is 0.527. The highest BCUT2D eigenvalue weighted by Gasteiger charge is 2.63. The van der Waals surface area contributed by atoms with E-state index in [1.165, 1.54) is 0 Å². The van der Waals surface area contributed by atoms with E-state index in [0.29, 0.717) is 25.4 Å². The lowest BCUT2D eigenvalue weighted by atomic mass is 9.83. The van der Waals surface area contributed by atoms with Gasteiger partial charge < -0.3 is 9.64 Å². The second-order valence-electron chi connectivity index (χ2n) is 7.23. The zero-order chi connectivity index (χ0) is 16.9. The molecule has 0 aromatic carbocycles. The van der Waals surface area contributed by atoms with Crippen LogP contribution in [0.15, 0.2) is 18.5 Å². The largest absolute Gasteiger partial charge is 0.463 e. The molecule has 8 heteroatoms. The lowest BCUT2D eigenvalue weighted by molar-refractivity contribution is -0.139. The fourth-order valence-electron chi connectivity index (χ4n) is 3.90. The summed E-state index contributed by atoms with van der Waals surface area (Å²) in [5, 5.41) is 0. The van der Waals surface area contributed by atoms with Crippen molar-refractivity contribution >= 4 is 15.7 Å². The van der Waals surface area contributed by atoms with E-state index >= 15 is 0 Å². The SMILES string of the molecule is CC1CC1C(=O)N1CC2(C1)C(COc1ncccn1)CCS2(=O)=O. The maximum absolute atomic E-state index is 12.6. The Hall–Kier alpha value is -1.70. The molecule has 3 fully saturated rings. The molecule has 0 radical (unpaired) electrons. The monoisotopic (exact) mass is 351 g/mol. The summed E-state index contributed by atoms with van der Waals surface area (Å²) in [5.41, 5.74) is 0. The van der Waals surface area contributed by atoms with Crippen molar-refractivity contribution in [2.24, 2.45) is 17.8 Å². The molecule has 3 atom stereocenters. The molecule has 24 heavy (non-hydrogen) atoms. The zero-order valence-corrected chi connectivity index (χ0v) is 14.4. The van der Waals surface area contributed by atoms with Crippen LogP contribution < -0.4 is 4.74 Å². The Morgan fingerprint density at radius 1 is 1.38 bits per heavy atom. The minimum absolute atomic E-state index is 0.0962. The molecule has 4 rings (SSSR count). The smallest absolute Gasteiger partial charge is 0.316 e. The van der Waals surface area contributed by atoms with Crippen LogP contribution in [0.2, 0.25) is 0 Å². The molecular formula is C16H21N3O4S. The number of hydrogen-bond donors (Lipinski definition) is 0. The highest BCUT2D eigenvalue weighted by atomic mass is 32.2. The van der Waals surface area contributed by atoms with Crippen LogP contribution in [0, 0.1) is 17.8 Å². The molecular weight excluding hydrogens is 330 g/mol. The minimum atomic E-state index is -3.20. The number of aromatic nitrogens is 2. The molecule has 1 saturated carbocycles. The third kappa shape index (κ3) is 2.39. The summed E-state index contributed by atoms with van der Waals surface area (Å²) >= 11 is 0. The lowest BCUT2D eigenvalue weighted by Crippen LogP contribution is -2.69. The first-order valence-electron chi connectivity index (χ1n) is 8.34. The Morgan fingerprint density at radius 2 is 2.04 bits per heavy atom. The van der Waals surface area contributed by atoms with Crippen molar-refractivity contribution in [3.63, 3.8) is 0 Å². The summed E-state index contributed by atoms with van der Waals surface area (Å²) in [5.74, 6) is 0.689. The van der Waals surface area contributed by atoms with E-state index in [0.717, 1.165) is 6.42 Å². The summed E-state index contributed by atoms with van der Waals surface area (Å²) < 4.78 is 29.9. The first kappa shape index (κ1) is 15.8. The molecule has 1 amide bonds. The van der Waals surface area contributed by atoms with E-state index in [9.17, 15) is 13.2 Å². The molecule has 7 nitrogen and oxygen atoms in total. The minimum Gasteiger partial charge on any atom is -0.463 e. The van der Waals surface area contributed by atoms with Crippen molar-refractivity contribution in [2.45, 2.75) is 24.5 Å². The number of sulfone groups is 1. The Morgan fingerprint density at radius 3 is 2.67 bits per heavy atom. The van der Waals surface area contributed by atoms with Crippen molar-refractivity contribution in [3.05, 3.63) is 18.5 Å². The number of likely N-dealkylation sites (tertiary alicyclic amines) is 1. The second-order valence-corrected chi connectivity index (χ2v) is 9.68. The molecule has 2 aliphatic heterocycles. The Labute approximate surface area is 141 Å². The van der Waals surface area contributed by atoms with Crippen molar-refractivity contribution in [1.29, 1.82) is 0 Å². The van der Waals surface area contributed by atoms with Gasteiger partial charge in [-0.05, 0) is 24.8 Å². The molecule has 0 bridgehead atoms. The fourth-order valence-corrected chi connectivity index (χ4v) is 6.30. The third-order valence-corrected chi connectivity index (χ3v) is 8.31. The van der Waals surface area contributed by atoms with Gasteiger partial charge in [0.1, 0.15) is 4.75 Å². The Kier molecular flexibility index (Phi) is 3.56. The van der Waals surface area contributed by atoms with Crippen LogP contribution in [0.3, 0.4) is 0 Å². The Bertz CT molecular complexity index is 746. The number of ether oxygens (including phenoxy) is 1. The van der Waals surface area contributed by atoms with Gasteiger partial charge in [0.05, 0.1) is 12.4 Å². The van der Waals surface area contributed by atoms with Gasteiger partial charge in [-0.3, -0.25) is 4.79 Å². The van der Waals surface area contributed by atoms with E-state index in [1.54, 1.807) is 23.4 Å². The van der Waals surface area contributed by atoms with E-state index in [4.69, 9.17) is 4.74 Å². The average Bonchev–Trinajstić information content (AvgIpc) is 3.18. The molecule has 1 aromatic heterocycles. The van der Waals surface area contributed by atoms with Crippen LogP contribution in [0.25, 0.3) is 0 Å². The van der Waals surface area contributed by atoms with Gasteiger partial charge in [-0.2, -0.15) is 0 Å². The fraction of sp³-hybridized carbons (Fsp3) is 0.688. The van der Waals surface area contributed by atoms with Gasteiger partial charge in [-0.25, -0.2) is 18.4 Å². The van der Waals surface area contributed by atoms with Crippen LogP contribution in [0.4, 0.5) is 0 Å². The van der Waals surface area contributed by atoms with Crippen molar-refractivity contribution in [2.75, 3.05) is 25.4 Å². The first-order valence-corrected chi connectivity index (χ1v) is 9.99. The van der Waals surface area contributed by atoms with Crippen molar-refractivity contribution in [1.82, 2.24) is 14.9 Å². The number of nitrogens with zero attached hydrogens (tertiary/aromatic N) is 3. The number of carbonyl (C=O) groups is 1. The van der Waals surface area contributed by atoms with Gasteiger partial charge in [0, 0.05) is 37.3 Å². The second kappa shape index (κ2) is 5.40. The van der Waals surface area contributed by atoms with E-state index in [2.05, 4.69) is 16.9 Å². The topological polar surface area (TPSA) is 89.5 Å². The molecule has 3 unspecified atom stereocenters. The maximum Gasteiger partial charge on any atom is 0.316 e. The lowest BCUT2D eigenvalue weighted by Gasteiger charge is -2.49. The number of carbonyl (C=O) groups excluding carboxylic acids is 1. The van der Waals surface area contributed by atoms with Gasteiger partial charge in [0.2, 0.25) is 5.91 Å². The standard InChI is InChI=1S/C16H21N3O4S/c1-11-7-13(11)14(20)19-9-16(10-19)12(3-6-24(16,21)22)8-23-15-17-4-2-5-18-15/h2,4-5,11-13H,3,6-10H2,1H3. The van der Waals surface area contributed by atoms with Crippen LogP contribution in [-0.4, -0.2) is 59.4 Å². The third-order valence-electron chi connectivity index (χ3n) is 5.71. The Balaban J connectivity index is 1.44. The first-order chi connectivity index (χ1) is 11.4. The number of amides is 1. The normalized spacial score (nSPS) is 32.4. The van der Waals surface area contributed by atoms with Crippen LogP contribution in [0.5, 0.6) is 6.01 Å². The summed E-state index contributed by atoms with van der Waals surface area (Å²) in [7, 11) is -3.20. The summed E-state index contributed by atoms with van der Waals surface area (Å²) in [4.78, 5) is 22.0. The molecule has 1 aromatic rings. The summed E-state index contributed by atoms with van der Waals surface area (Å²) in [6.07, 6.45) is 4.66. The number of hydrogen-bond acceptors (Lipinski definition) is 6. The summed E-state index contributed by atoms with van der Waals surface area (Å²) in [6, 6.07) is 1.96. The van der Waals surface area contributed by atoms with Crippen LogP contribution in [-0.2, 0) is 14.6 Å². The zero-order valence-electron chi connectivity index (χ0n) is 13.6. The maximum atomic E-state index is 12.6.